The molecule has 0 radical (unpaired) electrons. The van der Waals surface area contributed by atoms with Gasteiger partial charge in [0.1, 0.15) is 6.04 Å². The fraction of sp³-hybridized carbons (Fsp3) is 0.600. The Morgan fingerprint density at radius 3 is 2.70 bits per heavy atom. The molecule has 1 aromatic rings. The van der Waals surface area contributed by atoms with Crippen molar-refractivity contribution in [3.63, 3.8) is 0 Å². The summed E-state index contributed by atoms with van der Waals surface area (Å²) in [5, 5.41) is 13.2. The molecule has 1 aliphatic carbocycles. The maximum absolute atomic E-state index is 12.8. The van der Waals surface area contributed by atoms with Gasteiger partial charge >= 0.3 is 5.97 Å². The summed E-state index contributed by atoms with van der Waals surface area (Å²) >= 11 is 1.50. The van der Waals surface area contributed by atoms with E-state index in [0.717, 1.165) is 31.2 Å². The van der Waals surface area contributed by atoms with Crippen molar-refractivity contribution in [2.24, 2.45) is 5.92 Å². The van der Waals surface area contributed by atoms with Gasteiger partial charge in [-0.1, -0.05) is 12.8 Å². The third kappa shape index (κ3) is 2.14. The van der Waals surface area contributed by atoms with E-state index in [1.807, 2.05) is 17.7 Å². The molecule has 0 spiro atoms. The van der Waals surface area contributed by atoms with Crippen LogP contribution in [0.15, 0.2) is 10.8 Å². The van der Waals surface area contributed by atoms with E-state index in [1.54, 1.807) is 4.90 Å². The van der Waals surface area contributed by atoms with Crippen molar-refractivity contribution in [2.75, 3.05) is 0 Å². The number of carbonyl (C=O) groups excluding carboxylic acids is 1. The Morgan fingerprint density at radius 2 is 2.05 bits per heavy atom. The summed E-state index contributed by atoms with van der Waals surface area (Å²) in [5.74, 6) is -0.584. The molecule has 2 heterocycles. The number of amides is 1. The summed E-state index contributed by atoms with van der Waals surface area (Å²) < 4.78 is 0. The second-order valence-corrected chi connectivity index (χ2v) is 6.63. The molecule has 20 heavy (non-hydrogen) atoms. The lowest BCUT2D eigenvalue weighted by Gasteiger charge is -2.33. The zero-order valence-corrected chi connectivity index (χ0v) is 12.4. The van der Waals surface area contributed by atoms with Crippen LogP contribution in [-0.4, -0.2) is 34.0 Å². The lowest BCUT2D eigenvalue weighted by atomic mass is 9.84. The molecule has 1 amide bonds. The lowest BCUT2D eigenvalue weighted by Crippen LogP contribution is -2.46. The van der Waals surface area contributed by atoms with Crippen LogP contribution >= 0.6 is 11.3 Å². The molecular weight excluding hydrogens is 274 g/mol. The monoisotopic (exact) mass is 293 g/mol. The number of hydrogen-bond donors (Lipinski definition) is 1. The standard InChI is InChI=1S/C15H19NO3S/c1-9-7-20-8-11(9)14(17)16-12-5-3-2-4-10(12)6-13(16)15(18)19/h7-8,10,12-13H,2-6H2,1H3,(H,18,19)/t10-,12-,13+/m1/s1. The van der Waals surface area contributed by atoms with Crippen molar-refractivity contribution in [3.8, 4) is 0 Å². The molecule has 0 bridgehead atoms. The quantitative estimate of drug-likeness (QED) is 0.912. The summed E-state index contributed by atoms with van der Waals surface area (Å²) in [6.45, 7) is 1.91. The first-order chi connectivity index (χ1) is 9.59. The van der Waals surface area contributed by atoms with Crippen LogP contribution in [0.25, 0.3) is 0 Å². The zero-order valence-electron chi connectivity index (χ0n) is 11.5. The Balaban J connectivity index is 1.93. The topological polar surface area (TPSA) is 57.6 Å². The minimum Gasteiger partial charge on any atom is -0.480 e. The first-order valence-corrected chi connectivity index (χ1v) is 8.12. The van der Waals surface area contributed by atoms with Crippen molar-refractivity contribution >= 4 is 23.2 Å². The molecule has 0 aromatic carbocycles. The van der Waals surface area contributed by atoms with Crippen LogP contribution in [0, 0.1) is 12.8 Å². The molecule has 1 saturated heterocycles. The van der Waals surface area contributed by atoms with E-state index in [-0.39, 0.29) is 11.9 Å². The number of thiophene rings is 1. The molecule has 0 unspecified atom stereocenters. The highest BCUT2D eigenvalue weighted by Gasteiger charge is 2.47. The fourth-order valence-electron chi connectivity index (χ4n) is 3.69. The minimum atomic E-state index is -0.861. The van der Waals surface area contributed by atoms with Gasteiger partial charge in [0.25, 0.3) is 5.91 Å². The Morgan fingerprint density at radius 1 is 1.30 bits per heavy atom. The third-order valence-corrected chi connectivity index (χ3v) is 5.55. The number of carboxylic acid groups (broad SMARTS) is 1. The van der Waals surface area contributed by atoms with E-state index in [4.69, 9.17) is 0 Å². The molecule has 1 saturated carbocycles. The predicted molar refractivity (Wildman–Crippen MR) is 77.0 cm³/mol. The highest BCUT2D eigenvalue weighted by molar-refractivity contribution is 7.08. The predicted octanol–water partition coefficient (Wildman–Crippen LogP) is 2.91. The van der Waals surface area contributed by atoms with Crippen molar-refractivity contribution in [2.45, 2.75) is 51.1 Å². The van der Waals surface area contributed by atoms with Crippen LogP contribution in [0.2, 0.25) is 0 Å². The smallest absolute Gasteiger partial charge is 0.326 e. The summed E-state index contributed by atoms with van der Waals surface area (Å²) in [6.07, 6.45) is 4.88. The molecule has 3 rings (SSSR count). The number of carboxylic acids is 1. The highest BCUT2D eigenvalue weighted by atomic mass is 32.1. The summed E-state index contributed by atoms with van der Waals surface area (Å²) in [6, 6.07) is -0.522. The van der Waals surface area contributed by atoms with Gasteiger partial charge < -0.3 is 10.0 Å². The van der Waals surface area contributed by atoms with E-state index in [0.29, 0.717) is 17.9 Å². The van der Waals surface area contributed by atoms with Gasteiger partial charge in [-0.3, -0.25) is 4.79 Å². The van der Waals surface area contributed by atoms with Gasteiger partial charge in [-0.15, -0.1) is 0 Å². The molecule has 1 aliphatic heterocycles. The number of nitrogens with zero attached hydrogens (tertiary/aromatic N) is 1. The Hall–Kier alpha value is -1.36. The molecule has 2 aliphatic rings. The summed E-state index contributed by atoms with van der Waals surface area (Å²) in [7, 11) is 0. The summed E-state index contributed by atoms with van der Waals surface area (Å²) in [4.78, 5) is 26.0. The van der Waals surface area contributed by atoms with Crippen molar-refractivity contribution in [3.05, 3.63) is 21.9 Å². The Bertz CT molecular complexity index is 539. The van der Waals surface area contributed by atoms with Crippen LogP contribution in [-0.2, 0) is 4.79 Å². The van der Waals surface area contributed by atoms with Gasteiger partial charge in [0.05, 0.1) is 5.56 Å². The first kappa shape index (κ1) is 13.6. The summed E-state index contributed by atoms with van der Waals surface area (Å²) in [5.41, 5.74) is 1.62. The van der Waals surface area contributed by atoms with E-state index < -0.39 is 12.0 Å². The van der Waals surface area contributed by atoms with E-state index in [9.17, 15) is 14.7 Å². The molecular formula is C15H19NO3S. The highest BCUT2D eigenvalue weighted by Crippen LogP contribution is 2.40. The van der Waals surface area contributed by atoms with Gasteiger partial charge in [-0.05, 0) is 43.0 Å². The maximum Gasteiger partial charge on any atom is 0.326 e. The van der Waals surface area contributed by atoms with Gasteiger partial charge in [0.15, 0.2) is 0 Å². The first-order valence-electron chi connectivity index (χ1n) is 7.18. The number of rotatable bonds is 2. The molecule has 1 N–H and O–H groups in total. The van der Waals surface area contributed by atoms with Gasteiger partial charge in [0, 0.05) is 11.4 Å². The normalized spacial score (nSPS) is 29.2. The van der Waals surface area contributed by atoms with Crippen LogP contribution in [0.5, 0.6) is 0 Å². The average Bonchev–Trinajstić information content (AvgIpc) is 3.01. The third-order valence-electron chi connectivity index (χ3n) is 4.69. The largest absolute Gasteiger partial charge is 0.480 e. The second kappa shape index (κ2) is 5.20. The number of aliphatic carboxylic acids is 1. The molecule has 4 nitrogen and oxygen atoms in total. The molecule has 3 atom stereocenters. The minimum absolute atomic E-state index is 0.0921. The van der Waals surface area contributed by atoms with Gasteiger partial charge in [-0.2, -0.15) is 11.3 Å². The van der Waals surface area contributed by atoms with Gasteiger partial charge in [0.2, 0.25) is 0 Å². The van der Waals surface area contributed by atoms with Crippen LogP contribution in [0.4, 0.5) is 0 Å². The number of hydrogen-bond acceptors (Lipinski definition) is 3. The number of likely N-dealkylation sites (tertiary alicyclic amines) is 1. The van der Waals surface area contributed by atoms with Crippen LogP contribution < -0.4 is 0 Å². The molecule has 1 aromatic heterocycles. The Labute approximate surface area is 122 Å². The molecule has 5 heteroatoms. The van der Waals surface area contributed by atoms with Crippen LogP contribution in [0.1, 0.15) is 48.0 Å². The number of aryl methyl sites for hydroxylation is 1. The zero-order chi connectivity index (χ0) is 14.3. The van der Waals surface area contributed by atoms with E-state index >= 15 is 0 Å². The van der Waals surface area contributed by atoms with Crippen molar-refractivity contribution in [1.82, 2.24) is 4.90 Å². The number of carbonyl (C=O) groups is 2. The van der Waals surface area contributed by atoms with Gasteiger partial charge in [-0.25, -0.2) is 4.79 Å². The number of fused-ring (bicyclic) bond motifs is 1. The lowest BCUT2D eigenvalue weighted by molar-refractivity contribution is -0.141. The second-order valence-electron chi connectivity index (χ2n) is 5.88. The molecule has 108 valence electrons. The fourth-order valence-corrected chi connectivity index (χ4v) is 4.51. The maximum atomic E-state index is 12.8. The van der Waals surface area contributed by atoms with E-state index in [1.165, 1.54) is 11.3 Å². The van der Waals surface area contributed by atoms with Crippen LogP contribution in [0.3, 0.4) is 0 Å². The molecule has 2 fully saturated rings. The van der Waals surface area contributed by atoms with Crippen molar-refractivity contribution < 1.29 is 14.7 Å². The SMILES string of the molecule is Cc1cscc1C(=O)N1[C@@H]2CCCC[C@@H]2C[C@H]1C(=O)O. The average molecular weight is 293 g/mol. The Kier molecular flexibility index (Phi) is 3.54. The van der Waals surface area contributed by atoms with E-state index in [2.05, 4.69) is 0 Å². The van der Waals surface area contributed by atoms with Crippen molar-refractivity contribution in [1.29, 1.82) is 0 Å².